The van der Waals surface area contributed by atoms with E-state index >= 15 is 0 Å². The molecule has 0 spiro atoms. The quantitative estimate of drug-likeness (QED) is 0.418. The van der Waals surface area contributed by atoms with Gasteiger partial charge in [-0.15, -0.1) is 0 Å². The molecule has 18 heavy (non-hydrogen) atoms. The van der Waals surface area contributed by atoms with Crippen LogP contribution in [0.2, 0.25) is 0 Å². The summed E-state index contributed by atoms with van der Waals surface area (Å²) in [5, 5.41) is 0. The van der Waals surface area contributed by atoms with Crippen molar-refractivity contribution in [1.82, 2.24) is 4.90 Å². The van der Waals surface area contributed by atoms with Crippen molar-refractivity contribution < 1.29 is 0 Å². The number of hydrogen-bond donors (Lipinski definition) is 1. The second-order valence-electron chi connectivity index (χ2n) is 5.94. The third-order valence-electron chi connectivity index (χ3n) is 4.20. The van der Waals surface area contributed by atoms with Crippen LogP contribution in [0.25, 0.3) is 0 Å². The molecule has 1 aliphatic heterocycles. The molecule has 1 atom stereocenters. The molecule has 2 heteroatoms. The first kappa shape index (κ1) is 16.4. The minimum Gasteiger partial charge on any atom is -0.303 e. The molecule has 1 rings (SSSR count). The minimum absolute atomic E-state index is 1.01. The van der Waals surface area contributed by atoms with E-state index in [2.05, 4.69) is 24.5 Å². The maximum absolute atomic E-state index is 4.25. The molecule has 0 aromatic carbocycles. The second-order valence-corrected chi connectivity index (χ2v) is 6.39. The Morgan fingerprint density at radius 3 is 2.33 bits per heavy atom. The zero-order valence-corrected chi connectivity index (χ0v) is 13.3. The Bertz CT molecular complexity index is 184. The van der Waals surface area contributed by atoms with Gasteiger partial charge in [0.25, 0.3) is 0 Å². The van der Waals surface area contributed by atoms with Crippen LogP contribution in [0.5, 0.6) is 0 Å². The molecule has 1 unspecified atom stereocenters. The number of thiol groups is 1. The summed E-state index contributed by atoms with van der Waals surface area (Å²) in [6, 6.07) is 0. The predicted octanol–water partition coefficient (Wildman–Crippen LogP) is 4.77. The highest BCUT2D eigenvalue weighted by atomic mass is 32.1. The van der Waals surface area contributed by atoms with E-state index in [0.29, 0.717) is 0 Å². The van der Waals surface area contributed by atoms with Gasteiger partial charge in [0.2, 0.25) is 0 Å². The Balaban J connectivity index is 1.84. The van der Waals surface area contributed by atoms with Crippen molar-refractivity contribution in [3.63, 3.8) is 0 Å². The summed E-state index contributed by atoms with van der Waals surface area (Å²) in [6.07, 6.45) is 14.1. The lowest BCUT2D eigenvalue weighted by molar-refractivity contribution is 0.311. The van der Waals surface area contributed by atoms with Gasteiger partial charge in [0.1, 0.15) is 0 Å². The van der Waals surface area contributed by atoms with Crippen molar-refractivity contribution in [3.05, 3.63) is 0 Å². The highest BCUT2D eigenvalue weighted by Gasteiger charge is 2.20. The van der Waals surface area contributed by atoms with Gasteiger partial charge in [-0.25, -0.2) is 0 Å². The zero-order chi connectivity index (χ0) is 13.1. The van der Waals surface area contributed by atoms with Gasteiger partial charge in [-0.2, -0.15) is 12.6 Å². The molecule has 1 heterocycles. The molecule has 1 fully saturated rings. The van der Waals surface area contributed by atoms with Crippen molar-refractivity contribution in [2.24, 2.45) is 5.92 Å². The van der Waals surface area contributed by atoms with Crippen LogP contribution in [-0.2, 0) is 0 Å². The summed E-state index contributed by atoms with van der Waals surface area (Å²) in [5.74, 6) is 2.07. The Hall–Kier alpha value is 0.310. The standard InChI is InChI=1S/C16H33NS/c1-2-10-16-11-13-17(15-16)12-8-6-4-3-5-7-9-14-18/h16,18H,2-15H2,1H3. The summed E-state index contributed by atoms with van der Waals surface area (Å²) in [6.45, 7) is 6.43. The average molecular weight is 272 g/mol. The average Bonchev–Trinajstić information content (AvgIpc) is 2.81. The highest BCUT2D eigenvalue weighted by molar-refractivity contribution is 7.80. The normalized spacial score (nSPS) is 20.7. The van der Waals surface area contributed by atoms with Crippen LogP contribution in [0.4, 0.5) is 0 Å². The Labute approximate surface area is 120 Å². The second kappa shape index (κ2) is 11.2. The fraction of sp³-hybridized carbons (Fsp3) is 1.00. The SMILES string of the molecule is CCCC1CCN(CCCCCCCCCS)C1. The molecule has 0 aromatic rings. The molecule has 1 aliphatic rings. The Morgan fingerprint density at radius 1 is 1.00 bits per heavy atom. The van der Waals surface area contributed by atoms with Crippen LogP contribution >= 0.6 is 12.6 Å². The maximum atomic E-state index is 4.25. The molecule has 0 saturated carbocycles. The van der Waals surface area contributed by atoms with Crippen LogP contribution in [0.1, 0.15) is 71.1 Å². The van der Waals surface area contributed by atoms with Crippen molar-refractivity contribution in [1.29, 1.82) is 0 Å². The van der Waals surface area contributed by atoms with E-state index in [1.165, 1.54) is 83.8 Å². The summed E-state index contributed by atoms with van der Waals surface area (Å²) < 4.78 is 0. The lowest BCUT2D eigenvalue weighted by atomic mass is 10.0. The highest BCUT2D eigenvalue weighted by Crippen LogP contribution is 2.21. The van der Waals surface area contributed by atoms with Crippen molar-refractivity contribution in [2.45, 2.75) is 71.1 Å². The largest absolute Gasteiger partial charge is 0.303 e. The summed E-state index contributed by atoms with van der Waals surface area (Å²) in [4.78, 5) is 2.70. The van der Waals surface area contributed by atoms with E-state index in [0.717, 1.165) is 11.7 Å². The van der Waals surface area contributed by atoms with E-state index in [1.807, 2.05) is 0 Å². The monoisotopic (exact) mass is 271 g/mol. The number of nitrogens with zero attached hydrogens (tertiary/aromatic N) is 1. The van der Waals surface area contributed by atoms with Crippen molar-refractivity contribution in [2.75, 3.05) is 25.4 Å². The van der Waals surface area contributed by atoms with E-state index in [9.17, 15) is 0 Å². The lowest BCUT2D eigenvalue weighted by Crippen LogP contribution is -2.21. The number of unbranched alkanes of at least 4 members (excludes halogenated alkanes) is 6. The number of likely N-dealkylation sites (tertiary alicyclic amines) is 1. The Kier molecular flexibility index (Phi) is 10.1. The van der Waals surface area contributed by atoms with E-state index < -0.39 is 0 Å². The fourth-order valence-electron chi connectivity index (χ4n) is 3.09. The van der Waals surface area contributed by atoms with Gasteiger partial charge in [0.05, 0.1) is 0 Å². The molecule has 0 bridgehead atoms. The van der Waals surface area contributed by atoms with Gasteiger partial charge < -0.3 is 4.90 Å². The molecule has 0 N–H and O–H groups in total. The number of rotatable bonds is 11. The fourth-order valence-corrected chi connectivity index (χ4v) is 3.31. The molecular weight excluding hydrogens is 238 g/mol. The van der Waals surface area contributed by atoms with Crippen LogP contribution < -0.4 is 0 Å². The maximum Gasteiger partial charge on any atom is 0.00101 e. The third kappa shape index (κ3) is 7.68. The molecule has 0 aromatic heterocycles. The van der Waals surface area contributed by atoms with Crippen molar-refractivity contribution >= 4 is 12.6 Å². The molecule has 1 saturated heterocycles. The van der Waals surface area contributed by atoms with Crippen LogP contribution in [-0.4, -0.2) is 30.3 Å². The molecule has 0 aliphatic carbocycles. The van der Waals surface area contributed by atoms with Gasteiger partial charge in [0, 0.05) is 6.54 Å². The first-order valence-corrected chi connectivity index (χ1v) is 8.83. The zero-order valence-electron chi connectivity index (χ0n) is 12.4. The first-order chi connectivity index (χ1) is 8.86. The van der Waals surface area contributed by atoms with Crippen molar-refractivity contribution in [3.8, 4) is 0 Å². The smallest absolute Gasteiger partial charge is 0.00101 e. The van der Waals surface area contributed by atoms with E-state index in [1.54, 1.807) is 0 Å². The first-order valence-electron chi connectivity index (χ1n) is 8.20. The van der Waals surface area contributed by atoms with Gasteiger partial charge in [-0.3, -0.25) is 0 Å². The van der Waals surface area contributed by atoms with Gasteiger partial charge >= 0.3 is 0 Å². The summed E-state index contributed by atoms with van der Waals surface area (Å²) >= 11 is 4.25. The minimum atomic E-state index is 1.01. The lowest BCUT2D eigenvalue weighted by Gasteiger charge is -2.15. The van der Waals surface area contributed by atoms with E-state index in [4.69, 9.17) is 0 Å². The van der Waals surface area contributed by atoms with E-state index in [-0.39, 0.29) is 0 Å². The molecule has 108 valence electrons. The third-order valence-corrected chi connectivity index (χ3v) is 4.52. The van der Waals surface area contributed by atoms with Crippen LogP contribution in [0, 0.1) is 5.92 Å². The van der Waals surface area contributed by atoms with Crippen LogP contribution in [0.15, 0.2) is 0 Å². The molecule has 0 radical (unpaired) electrons. The van der Waals surface area contributed by atoms with Crippen LogP contribution in [0.3, 0.4) is 0 Å². The topological polar surface area (TPSA) is 3.24 Å². The molecule has 1 nitrogen and oxygen atoms in total. The number of hydrogen-bond acceptors (Lipinski definition) is 2. The molecule has 0 amide bonds. The summed E-state index contributed by atoms with van der Waals surface area (Å²) in [7, 11) is 0. The van der Waals surface area contributed by atoms with Gasteiger partial charge in [0.15, 0.2) is 0 Å². The predicted molar refractivity (Wildman–Crippen MR) is 85.6 cm³/mol. The molecular formula is C16H33NS. The van der Waals surface area contributed by atoms with Gasteiger partial charge in [-0.1, -0.05) is 45.4 Å². The van der Waals surface area contributed by atoms with Gasteiger partial charge in [-0.05, 0) is 50.4 Å². The Morgan fingerprint density at radius 2 is 1.67 bits per heavy atom. The summed E-state index contributed by atoms with van der Waals surface area (Å²) in [5.41, 5.74) is 0.